The first-order chi connectivity index (χ1) is 5.66. The van der Waals surface area contributed by atoms with Crippen LogP contribution in [0.2, 0.25) is 0 Å². The second-order valence-electron chi connectivity index (χ2n) is 2.94. The first-order valence-corrected chi connectivity index (χ1v) is 3.94. The van der Waals surface area contributed by atoms with Gasteiger partial charge in [0.2, 0.25) is 11.8 Å². The topological polar surface area (TPSA) is 75.4 Å². The van der Waals surface area contributed by atoms with Crippen molar-refractivity contribution in [1.82, 2.24) is 10.3 Å². The Bertz CT molecular complexity index is 205. The summed E-state index contributed by atoms with van der Waals surface area (Å²) in [5, 5.41) is 0. The van der Waals surface area contributed by atoms with E-state index in [2.05, 4.69) is 5.43 Å². The quantitative estimate of drug-likeness (QED) is 0.319. The maximum atomic E-state index is 11.3. The summed E-state index contributed by atoms with van der Waals surface area (Å²) in [5.74, 6) is 4.69. The van der Waals surface area contributed by atoms with Gasteiger partial charge < -0.3 is 0 Å². The minimum absolute atomic E-state index is 0.0877. The van der Waals surface area contributed by atoms with Crippen molar-refractivity contribution in [2.24, 2.45) is 11.8 Å². The van der Waals surface area contributed by atoms with Crippen LogP contribution in [-0.4, -0.2) is 29.8 Å². The maximum absolute atomic E-state index is 11.3. The molecule has 0 saturated carbocycles. The molecule has 5 heteroatoms. The lowest BCUT2D eigenvalue weighted by Gasteiger charge is -2.12. The molecule has 3 N–H and O–H groups in total. The third kappa shape index (κ3) is 1.62. The number of imide groups is 1. The summed E-state index contributed by atoms with van der Waals surface area (Å²) in [7, 11) is 0. The standard InChI is InChI=1S/C7H13N3O2/c1-5-4-6(11)10(7(5)12)3-2-9-8/h5,9H,2-4,8H2,1H3. The highest BCUT2D eigenvalue weighted by Crippen LogP contribution is 2.17. The van der Waals surface area contributed by atoms with Gasteiger partial charge in [0.05, 0.1) is 0 Å². The highest BCUT2D eigenvalue weighted by Gasteiger charge is 2.34. The summed E-state index contributed by atoms with van der Waals surface area (Å²) in [6, 6.07) is 0. The van der Waals surface area contributed by atoms with Crippen molar-refractivity contribution < 1.29 is 9.59 Å². The Hall–Kier alpha value is -0.940. The van der Waals surface area contributed by atoms with Crippen LogP contribution in [0.15, 0.2) is 0 Å². The number of carbonyl (C=O) groups excluding carboxylic acids is 2. The highest BCUT2D eigenvalue weighted by atomic mass is 16.2. The van der Waals surface area contributed by atoms with Crippen molar-refractivity contribution in [3.63, 3.8) is 0 Å². The van der Waals surface area contributed by atoms with E-state index < -0.39 is 0 Å². The Balaban J connectivity index is 2.52. The summed E-state index contributed by atoms with van der Waals surface area (Å²) in [5.41, 5.74) is 2.40. The van der Waals surface area contributed by atoms with Crippen LogP contribution < -0.4 is 11.3 Å². The molecule has 0 spiro atoms. The van der Waals surface area contributed by atoms with Crippen molar-refractivity contribution in [1.29, 1.82) is 0 Å². The number of nitrogens with two attached hydrogens (primary N) is 1. The lowest BCUT2D eigenvalue weighted by molar-refractivity contribution is -0.139. The Labute approximate surface area is 70.9 Å². The van der Waals surface area contributed by atoms with E-state index in [1.807, 2.05) is 0 Å². The van der Waals surface area contributed by atoms with Gasteiger partial charge in [-0.15, -0.1) is 0 Å². The molecule has 1 saturated heterocycles. The number of nitrogens with one attached hydrogen (secondary N) is 1. The first-order valence-electron chi connectivity index (χ1n) is 3.94. The van der Waals surface area contributed by atoms with Crippen LogP contribution in [-0.2, 0) is 9.59 Å². The van der Waals surface area contributed by atoms with E-state index in [1.165, 1.54) is 4.90 Å². The fraction of sp³-hybridized carbons (Fsp3) is 0.714. The number of amides is 2. The fourth-order valence-electron chi connectivity index (χ4n) is 1.26. The zero-order valence-corrected chi connectivity index (χ0v) is 7.04. The van der Waals surface area contributed by atoms with Gasteiger partial charge in [-0.3, -0.25) is 25.8 Å². The third-order valence-corrected chi connectivity index (χ3v) is 1.95. The van der Waals surface area contributed by atoms with E-state index in [1.54, 1.807) is 6.92 Å². The minimum Gasteiger partial charge on any atom is -0.281 e. The van der Waals surface area contributed by atoms with Crippen molar-refractivity contribution >= 4 is 11.8 Å². The predicted octanol–water partition coefficient (Wildman–Crippen LogP) is -1.16. The summed E-state index contributed by atoms with van der Waals surface area (Å²) in [4.78, 5) is 23.7. The average molecular weight is 171 g/mol. The van der Waals surface area contributed by atoms with Crippen molar-refractivity contribution in [2.45, 2.75) is 13.3 Å². The monoisotopic (exact) mass is 171 g/mol. The lowest BCUT2D eigenvalue weighted by atomic mass is 10.1. The maximum Gasteiger partial charge on any atom is 0.232 e. The van der Waals surface area contributed by atoms with Crippen LogP contribution in [0, 0.1) is 5.92 Å². The van der Waals surface area contributed by atoms with E-state index in [0.717, 1.165) is 0 Å². The predicted molar refractivity (Wildman–Crippen MR) is 42.7 cm³/mol. The molecule has 0 radical (unpaired) electrons. The van der Waals surface area contributed by atoms with Gasteiger partial charge >= 0.3 is 0 Å². The highest BCUT2D eigenvalue weighted by molar-refractivity contribution is 6.03. The molecule has 68 valence electrons. The number of likely N-dealkylation sites (tertiary alicyclic amines) is 1. The molecule has 1 fully saturated rings. The molecule has 0 aromatic rings. The molecule has 12 heavy (non-hydrogen) atoms. The largest absolute Gasteiger partial charge is 0.281 e. The van der Waals surface area contributed by atoms with Gasteiger partial charge in [0.25, 0.3) is 0 Å². The Morgan fingerprint density at radius 3 is 2.75 bits per heavy atom. The smallest absolute Gasteiger partial charge is 0.232 e. The SMILES string of the molecule is CC1CC(=O)N(CCNN)C1=O. The molecule has 1 aliphatic rings. The van der Waals surface area contributed by atoms with E-state index in [9.17, 15) is 9.59 Å². The van der Waals surface area contributed by atoms with Gasteiger partial charge in [0.1, 0.15) is 0 Å². The summed E-state index contributed by atoms with van der Waals surface area (Å²) >= 11 is 0. The average Bonchev–Trinajstić information content (AvgIpc) is 2.25. The molecular formula is C7H13N3O2. The number of carbonyl (C=O) groups is 2. The number of rotatable bonds is 3. The number of hydrazine groups is 1. The van der Waals surface area contributed by atoms with E-state index in [0.29, 0.717) is 19.5 Å². The molecule has 1 heterocycles. The second kappa shape index (κ2) is 3.64. The molecule has 2 amide bonds. The van der Waals surface area contributed by atoms with E-state index in [4.69, 9.17) is 5.84 Å². The van der Waals surface area contributed by atoms with Crippen LogP contribution in [0.4, 0.5) is 0 Å². The van der Waals surface area contributed by atoms with Crippen molar-refractivity contribution in [2.75, 3.05) is 13.1 Å². The van der Waals surface area contributed by atoms with Crippen molar-refractivity contribution in [3.05, 3.63) is 0 Å². The van der Waals surface area contributed by atoms with E-state index >= 15 is 0 Å². The summed E-state index contributed by atoms with van der Waals surface area (Å²) < 4.78 is 0. The van der Waals surface area contributed by atoms with Crippen LogP contribution in [0.3, 0.4) is 0 Å². The number of hydrogen-bond donors (Lipinski definition) is 2. The second-order valence-corrected chi connectivity index (χ2v) is 2.94. The van der Waals surface area contributed by atoms with Crippen LogP contribution >= 0.6 is 0 Å². The minimum atomic E-state index is -0.157. The molecule has 0 aromatic carbocycles. The third-order valence-electron chi connectivity index (χ3n) is 1.95. The van der Waals surface area contributed by atoms with Crippen LogP contribution in [0.25, 0.3) is 0 Å². The Morgan fingerprint density at radius 2 is 2.33 bits per heavy atom. The molecule has 0 aliphatic carbocycles. The number of hydrogen-bond acceptors (Lipinski definition) is 4. The molecular weight excluding hydrogens is 158 g/mol. The van der Waals surface area contributed by atoms with Gasteiger partial charge in [-0.2, -0.15) is 0 Å². The molecule has 1 unspecified atom stereocenters. The molecule has 1 atom stereocenters. The van der Waals surface area contributed by atoms with Crippen LogP contribution in [0.5, 0.6) is 0 Å². The zero-order valence-electron chi connectivity index (χ0n) is 7.04. The first kappa shape index (κ1) is 9.15. The van der Waals surface area contributed by atoms with Gasteiger partial charge in [0.15, 0.2) is 0 Å². The number of nitrogens with zero attached hydrogens (tertiary/aromatic N) is 1. The normalized spacial score (nSPS) is 23.8. The van der Waals surface area contributed by atoms with Gasteiger partial charge in [-0.25, -0.2) is 0 Å². The fourth-order valence-corrected chi connectivity index (χ4v) is 1.26. The summed E-state index contributed by atoms with van der Waals surface area (Å²) in [6.45, 7) is 2.58. The molecule has 0 aromatic heterocycles. The van der Waals surface area contributed by atoms with Crippen LogP contribution in [0.1, 0.15) is 13.3 Å². The zero-order chi connectivity index (χ0) is 9.14. The summed E-state index contributed by atoms with van der Waals surface area (Å²) in [6.07, 6.45) is 0.337. The molecule has 1 rings (SSSR count). The van der Waals surface area contributed by atoms with Gasteiger partial charge in [-0.1, -0.05) is 6.92 Å². The Kier molecular flexibility index (Phi) is 2.78. The molecule has 1 aliphatic heterocycles. The Morgan fingerprint density at radius 1 is 1.67 bits per heavy atom. The molecule has 5 nitrogen and oxygen atoms in total. The molecule has 0 bridgehead atoms. The lowest BCUT2D eigenvalue weighted by Crippen LogP contribution is -2.38. The van der Waals surface area contributed by atoms with Gasteiger partial charge in [0, 0.05) is 25.4 Å². The van der Waals surface area contributed by atoms with Crippen molar-refractivity contribution in [3.8, 4) is 0 Å². The van der Waals surface area contributed by atoms with E-state index in [-0.39, 0.29) is 17.7 Å². The van der Waals surface area contributed by atoms with Gasteiger partial charge in [-0.05, 0) is 0 Å².